The summed E-state index contributed by atoms with van der Waals surface area (Å²) >= 11 is 0. The first-order chi connectivity index (χ1) is 5.06. The van der Waals surface area contributed by atoms with Crippen molar-refractivity contribution in [1.29, 1.82) is 0 Å². The van der Waals surface area contributed by atoms with Crippen LogP contribution in [0.2, 0.25) is 0 Å². The van der Waals surface area contributed by atoms with Crippen molar-refractivity contribution in [3.63, 3.8) is 0 Å². The molecule has 68 valence electrons. The molecule has 0 fully saturated rings. The fourth-order valence-corrected chi connectivity index (χ4v) is 1.12. The molecule has 1 atom stereocenters. The number of aliphatic hydroxyl groups excluding tert-OH is 2. The van der Waals surface area contributed by atoms with Gasteiger partial charge in [0.05, 0.1) is 12.7 Å². The van der Waals surface area contributed by atoms with E-state index in [0.717, 1.165) is 6.54 Å². The Hall–Kier alpha value is -0.120. The zero-order chi connectivity index (χ0) is 8.85. The van der Waals surface area contributed by atoms with Crippen molar-refractivity contribution in [1.82, 2.24) is 4.90 Å². The van der Waals surface area contributed by atoms with Gasteiger partial charge in [0.15, 0.2) is 0 Å². The van der Waals surface area contributed by atoms with E-state index >= 15 is 0 Å². The van der Waals surface area contributed by atoms with Crippen LogP contribution in [0.25, 0.3) is 0 Å². The van der Waals surface area contributed by atoms with Crippen LogP contribution in [0, 0.1) is 5.92 Å². The third-order valence-electron chi connectivity index (χ3n) is 1.41. The molecule has 0 aliphatic heterocycles. The average Bonchev–Trinajstić information content (AvgIpc) is 1.85. The number of nitrogens with zero attached hydrogens (tertiary/aromatic N) is 1. The van der Waals surface area contributed by atoms with Crippen LogP contribution in [0.4, 0.5) is 0 Å². The van der Waals surface area contributed by atoms with Gasteiger partial charge in [0.25, 0.3) is 0 Å². The molecule has 0 saturated carbocycles. The minimum Gasteiger partial charge on any atom is -0.394 e. The monoisotopic (exact) mass is 161 g/mol. The van der Waals surface area contributed by atoms with Gasteiger partial charge in [-0.15, -0.1) is 0 Å². The molecule has 0 unspecified atom stereocenters. The third kappa shape index (κ3) is 6.28. The van der Waals surface area contributed by atoms with Crippen LogP contribution >= 0.6 is 0 Å². The molecule has 3 heteroatoms. The van der Waals surface area contributed by atoms with Crippen LogP contribution in [-0.4, -0.2) is 48.0 Å². The minimum absolute atomic E-state index is 0.150. The number of likely N-dealkylation sites (N-methyl/N-ethyl adjacent to an activating group) is 1. The SMILES string of the molecule is CC(C)CN(C)C[C@@H](O)CO. The summed E-state index contributed by atoms with van der Waals surface area (Å²) in [6.07, 6.45) is -0.598. The molecule has 0 heterocycles. The highest BCUT2D eigenvalue weighted by molar-refractivity contribution is 4.60. The molecule has 3 nitrogen and oxygen atoms in total. The third-order valence-corrected chi connectivity index (χ3v) is 1.41. The topological polar surface area (TPSA) is 43.7 Å². The molecule has 0 bridgehead atoms. The molecule has 0 saturated heterocycles. The Labute approximate surface area is 68.6 Å². The highest BCUT2D eigenvalue weighted by Gasteiger charge is 2.07. The van der Waals surface area contributed by atoms with E-state index in [1.807, 2.05) is 11.9 Å². The fourth-order valence-electron chi connectivity index (χ4n) is 1.12. The molecule has 0 aliphatic carbocycles. The molecule has 0 rings (SSSR count). The van der Waals surface area contributed by atoms with Gasteiger partial charge in [-0.2, -0.15) is 0 Å². The van der Waals surface area contributed by atoms with Crippen LogP contribution in [0.5, 0.6) is 0 Å². The van der Waals surface area contributed by atoms with Crippen molar-refractivity contribution in [3.8, 4) is 0 Å². The lowest BCUT2D eigenvalue weighted by Crippen LogP contribution is -2.33. The van der Waals surface area contributed by atoms with Gasteiger partial charge in [0.1, 0.15) is 0 Å². The van der Waals surface area contributed by atoms with Crippen molar-refractivity contribution in [2.75, 3.05) is 26.7 Å². The fraction of sp³-hybridized carbons (Fsp3) is 1.00. The first-order valence-corrected chi connectivity index (χ1v) is 4.03. The number of aliphatic hydroxyl groups is 2. The summed E-state index contributed by atoms with van der Waals surface area (Å²) in [7, 11) is 1.94. The van der Waals surface area contributed by atoms with Crippen LogP contribution < -0.4 is 0 Å². The zero-order valence-electron chi connectivity index (χ0n) is 7.62. The number of hydrogen-bond donors (Lipinski definition) is 2. The standard InChI is InChI=1S/C8H19NO2/c1-7(2)4-9(3)5-8(11)6-10/h7-8,10-11H,4-6H2,1-3H3/t8-/m1/s1. The minimum atomic E-state index is -0.598. The summed E-state index contributed by atoms with van der Waals surface area (Å²) in [6.45, 7) is 5.61. The van der Waals surface area contributed by atoms with Gasteiger partial charge in [-0.25, -0.2) is 0 Å². The second-order valence-corrected chi connectivity index (χ2v) is 3.45. The molecular weight excluding hydrogens is 142 g/mol. The molecule has 0 spiro atoms. The van der Waals surface area contributed by atoms with Crippen molar-refractivity contribution in [2.45, 2.75) is 20.0 Å². The van der Waals surface area contributed by atoms with Crippen LogP contribution in [-0.2, 0) is 0 Å². The molecule has 0 amide bonds. The van der Waals surface area contributed by atoms with Gasteiger partial charge in [-0.05, 0) is 13.0 Å². The summed E-state index contributed by atoms with van der Waals surface area (Å²) in [5.74, 6) is 0.603. The summed E-state index contributed by atoms with van der Waals surface area (Å²) in [6, 6.07) is 0. The molecule has 0 aromatic rings. The summed E-state index contributed by atoms with van der Waals surface area (Å²) in [5.41, 5.74) is 0. The van der Waals surface area contributed by atoms with Crippen molar-refractivity contribution < 1.29 is 10.2 Å². The summed E-state index contributed by atoms with van der Waals surface area (Å²) in [5, 5.41) is 17.6. The van der Waals surface area contributed by atoms with Gasteiger partial charge in [-0.3, -0.25) is 0 Å². The van der Waals surface area contributed by atoms with E-state index in [1.165, 1.54) is 0 Å². The van der Waals surface area contributed by atoms with Gasteiger partial charge in [0, 0.05) is 13.1 Å². The summed E-state index contributed by atoms with van der Waals surface area (Å²) < 4.78 is 0. The molecule has 0 aliphatic rings. The van der Waals surface area contributed by atoms with Crippen LogP contribution in [0.3, 0.4) is 0 Å². The number of hydrogen-bond acceptors (Lipinski definition) is 3. The Balaban J connectivity index is 3.43. The first-order valence-electron chi connectivity index (χ1n) is 4.03. The lowest BCUT2D eigenvalue weighted by molar-refractivity contribution is 0.0638. The lowest BCUT2D eigenvalue weighted by atomic mass is 10.2. The Kier molecular flexibility index (Phi) is 5.46. The maximum absolute atomic E-state index is 9.05. The maximum Gasteiger partial charge on any atom is 0.0897 e. The first kappa shape index (κ1) is 10.9. The predicted molar refractivity (Wildman–Crippen MR) is 45.4 cm³/mol. The highest BCUT2D eigenvalue weighted by Crippen LogP contribution is 1.96. The molecule has 0 aromatic heterocycles. The van der Waals surface area contributed by atoms with Gasteiger partial charge in [-0.1, -0.05) is 13.8 Å². The molecule has 11 heavy (non-hydrogen) atoms. The Morgan fingerprint density at radius 2 is 1.82 bits per heavy atom. The summed E-state index contributed by atoms with van der Waals surface area (Å²) in [4.78, 5) is 2.02. The van der Waals surface area contributed by atoms with Gasteiger partial charge in [0.2, 0.25) is 0 Å². The highest BCUT2D eigenvalue weighted by atomic mass is 16.3. The normalized spacial score (nSPS) is 14.5. The molecular formula is C8H19NO2. The van der Waals surface area contributed by atoms with Crippen molar-refractivity contribution >= 4 is 0 Å². The molecule has 0 radical (unpaired) electrons. The molecule has 2 N–H and O–H groups in total. The Bertz CT molecular complexity index is 96.1. The number of rotatable bonds is 5. The van der Waals surface area contributed by atoms with Crippen LogP contribution in [0.1, 0.15) is 13.8 Å². The second kappa shape index (κ2) is 5.52. The largest absolute Gasteiger partial charge is 0.394 e. The average molecular weight is 161 g/mol. The van der Waals surface area contributed by atoms with Crippen molar-refractivity contribution in [2.24, 2.45) is 5.92 Å². The maximum atomic E-state index is 9.05. The van der Waals surface area contributed by atoms with E-state index < -0.39 is 6.10 Å². The van der Waals surface area contributed by atoms with E-state index in [1.54, 1.807) is 0 Å². The quantitative estimate of drug-likeness (QED) is 0.593. The van der Waals surface area contributed by atoms with Crippen molar-refractivity contribution in [3.05, 3.63) is 0 Å². The zero-order valence-corrected chi connectivity index (χ0v) is 7.62. The Morgan fingerprint density at radius 3 is 2.18 bits per heavy atom. The van der Waals surface area contributed by atoms with E-state index in [2.05, 4.69) is 13.8 Å². The second-order valence-electron chi connectivity index (χ2n) is 3.45. The Morgan fingerprint density at radius 1 is 1.27 bits per heavy atom. The van der Waals surface area contributed by atoms with E-state index in [0.29, 0.717) is 12.5 Å². The van der Waals surface area contributed by atoms with Crippen LogP contribution in [0.15, 0.2) is 0 Å². The predicted octanol–water partition coefficient (Wildman–Crippen LogP) is -0.0726. The smallest absolute Gasteiger partial charge is 0.0897 e. The van der Waals surface area contributed by atoms with Gasteiger partial charge >= 0.3 is 0 Å². The van der Waals surface area contributed by atoms with E-state index in [-0.39, 0.29) is 6.61 Å². The molecule has 0 aromatic carbocycles. The van der Waals surface area contributed by atoms with E-state index in [4.69, 9.17) is 10.2 Å². The van der Waals surface area contributed by atoms with Gasteiger partial charge < -0.3 is 15.1 Å². The lowest BCUT2D eigenvalue weighted by Gasteiger charge is -2.20. The van der Waals surface area contributed by atoms with E-state index in [9.17, 15) is 0 Å².